The van der Waals surface area contributed by atoms with Gasteiger partial charge in [-0.1, -0.05) is 36.4 Å². The van der Waals surface area contributed by atoms with Gasteiger partial charge < -0.3 is 4.40 Å². The van der Waals surface area contributed by atoms with Gasteiger partial charge in [-0.05, 0) is 45.9 Å². The van der Waals surface area contributed by atoms with Crippen LogP contribution in [-0.4, -0.2) is 51.0 Å². The summed E-state index contributed by atoms with van der Waals surface area (Å²) in [5.74, 6) is 0.438. The van der Waals surface area contributed by atoms with Gasteiger partial charge in [0.25, 0.3) is 0 Å². The second-order valence-electron chi connectivity index (χ2n) is 9.53. The van der Waals surface area contributed by atoms with Crippen LogP contribution in [0.5, 0.6) is 0 Å². The summed E-state index contributed by atoms with van der Waals surface area (Å²) in [6.07, 6.45) is 2.79. The normalized spacial score (nSPS) is 17.7. The zero-order chi connectivity index (χ0) is 24.0. The number of hydrogen-bond acceptors (Lipinski definition) is 5. The van der Waals surface area contributed by atoms with E-state index in [1.165, 1.54) is 5.56 Å². The molecule has 0 radical (unpaired) electrons. The highest BCUT2D eigenvalue weighted by Crippen LogP contribution is 2.29. The molecule has 4 heterocycles. The SMILES string of the molecule is Cc1ccc2nc(-c3ccccc3)c(CN(C)Cc3c(C)nn([C@H]4CCS(=O)(=O)C4)c3C)n2c1. The van der Waals surface area contributed by atoms with Crippen LogP contribution in [0, 0.1) is 20.8 Å². The predicted molar refractivity (Wildman–Crippen MR) is 135 cm³/mol. The number of sulfone groups is 1. The Balaban J connectivity index is 1.45. The molecule has 8 heteroatoms. The summed E-state index contributed by atoms with van der Waals surface area (Å²) in [4.78, 5) is 7.23. The fourth-order valence-corrected chi connectivity index (χ4v) is 6.70. The van der Waals surface area contributed by atoms with Crippen LogP contribution in [0.15, 0.2) is 48.7 Å². The minimum atomic E-state index is -2.96. The number of imidazole rings is 1. The Labute approximate surface area is 201 Å². The molecule has 178 valence electrons. The van der Waals surface area contributed by atoms with E-state index >= 15 is 0 Å². The number of aryl methyl sites for hydroxylation is 2. The van der Waals surface area contributed by atoms with E-state index < -0.39 is 9.84 Å². The average Bonchev–Trinajstić information content (AvgIpc) is 3.43. The summed E-state index contributed by atoms with van der Waals surface area (Å²) < 4.78 is 28.1. The molecular formula is C26H31N5O2S. The van der Waals surface area contributed by atoms with Gasteiger partial charge in [0.05, 0.1) is 34.6 Å². The number of hydrogen-bond donors (Lipinski definition) is 0. The van der Waals surface area contributed by atoms with Gasteiger partial charge in [-0.3, -0.25) is 9.58 Å². The Morgan fingerprint density at radius 1 is 1.06 bits per heavy atom. The minimum Gasteiger partial charge on any atom is -0.302 e. The van der Waals surface area contributed by atoms with Crippen LogP contribution >= 0.6 is 0 Å². The lowest BCUT2D eigenvalue weighted by Gasteiger charge is -2.18. The van der Waals surface area contributed by atoms with Crippen molar-refractivity contribution in [2.75, 3.05) is 18.6 Å². The van der Waals surface area contributed by atoms with Gasteiger partial charge in [0.2, 0.25) is 0 Å². The maximum absolute atomic E-state index is 12.0. The van der Waals surface area contributed by atoms with E-state index in [1.807, 2.05) is 29.8 Å². The lowest BCUT2D eigenvalue weighted by atomic mass is 10.1. The van der Waals surface area contributed by atoms with Gasteiger partial charge >= 0.3 is 0 Å². The number of rotatable bonds is 6. The van der Waals surface area contributed by atoms with Crippen LogP contribution in [0.2, 0.25) is 0 Å². The van der Waals surface area contributed by atoms with Crippen LogP contribution < -0.4 is 0 Å². The first-order valence-corrected chi connectivity index (χ1v) is 13.5. The molecule has 0 amide bonds. The number of fused-ring (bicyclic) bond motifs is 1. The van der Waals surface area contributed by atoms with E-state index in [-0.39, 0.29) is 17.5 Å². The second kappa shape index (κ2) is 8.67. The van der Waals surface area contributed by atoms with Crippen molar-refractivity contribution in [2.24, 2.45) is 0 Å². The molecule has 0 saturated carbocycles. The predicted octanol–water partition coefficient (Wildman–Crippen LogP) is 4.11. The van der Waals surface area contributed by atoms with Gasteiger partial charge in [0, 0.05) is 36.1 Å². The molecule has 1 atom stereocenters. The Hall–Kier alpha value is -2.97. The summed E-state index contributed by atoms with van der Waals surface area (Å²) in [7, 11) is -0.846. The molecule has 1 fully saturated rings. The molecule has 1 aliphatic heterocycles. The Morgan fingerprint density at radius 3 is 2.53 bits per heavy atom. The summed E-state index contributed by atoms with van der Waals surface area (Å²) >= 11 is 0. The largest absolute Gasteiger partial charge is 0.302 e. The van der Waals surface area contributed by atoms with Crippen molar-refractivity contribution in [1.82, 2.24) is 24.1 Å². The highest BCUT2D eigenvalue weighted by molar-refractivity contribution is 7.91. The summed E-state index contributed by atoms with van der Waals surface area (Å²) in [5.41, 5.74) is 8.57. The number of nitrogens with zero attached hydrogens (tertiary/aromatic N) is 5. The molecule has 0 N–H and O–H groups in total. The molecule has 5 rings (SSSR count). The highest BCUT2D eigenvalue weighted by Gasteiger charge is 2.31. The molecule has 0 bridgehead atoms. The monoisotopic (exact) mass is 477 g/mol. The molecular weight excluding hydrogens is 446 g/mol. The third kappa shape index (κ3) is 4.28. The minimum absolute atomic E-state index is 0.0609. The number of pyridine rings is 1. The van der Waals surface area contributed by atoms with Crippen molar-refractivity contribution in [3.8, 4) is 11.3 Å². The van der Waals surface area contributed by atoms with E-state index in [1.54, 1.807) is 0 Å². The van der Waals surface area contributed by atoms with Gasteiger partial charge in [-0.25, -0.2) is 13.4 Å². The molecule has 1 aliphatic rings. The quantitative estimate of drug-likeness (QED) is 0.418. The Morgan fingerprint density at radius 2 is 1.82 bits per heavy atom. The van der Waals surface area contributed by atoms with E-state index in [0.29, 0.717) is 6.42 Å². The molecule has 3 aromatic heterocycles. The summed E-state index contributed by atoms with van der Waals surface area (Å²) in [6.45, 7) is 7.62. The molecule has 34 heavy (non-hydrogen) atoms. The average molecular weight is 478 g/mol. The van der Waals surface area contributed by atoms with Crippen LogP contribution in [0.3, 0.4) is 0 Å². The van der Waals surface area contributed by atoms with Crippen molar-refractivity contribution in [3.63, 3.8) is 0 Å². The molecule has 7 nitrogen and oxygen atoms in total. The van der Waals surface area contributed by atoms with Crippen molar-refractivity contribution >= 4 is 15.5 Å². The standard InChI is InChI=1S/C26H31N5O2S/c1-18-10-11-25-27-26(21-8-6-5-7-9-21)24(30(25)14-18)16-29(4)15-23-19(2)28-31(20(23)3)22-12-13-34(32,33)17-22/h5-11,14,22H,12-13,15-17H2,1-4H3/t22-/m0/s1. The van der Waals surface area contributed by atoms with E-state index in [9.17, 15) is 8.42 Å². The van der Waals surface area contributed by atoms with Crippen molar-refractivity contribution < 1.29 is 8.42 Å². The smallest absolute Gasteiger partial charge is 0.152 e. The molecule has 4 aromatic rings. The summed E-state index contributed by atoms with van der Waals surface area (Å²) in [5, 5.41) is 4.74. The molecule has 0 unspecified atom stereocenters. The lowest BCUT2D eigenvalue weighted by Crippen LogP contribution is -2.20. The van der Waals surface area contributed by atoms with Gasteiger partial charge in [-0.15, -0.1) is 0 Å². The number of benzene rings is 1. The third-order valence-corrected chi connectivity index (χ3v) is 8.54. The second-order valence-corrected chi connectivity index (χ2v) is 11.8. The molecule has 1 saturated heterocycles. The number of aromatic nitrogens is 4. The maximum Gasteiger partial charge on any atom is 0.152 e. The topological polar surface area (TPSA) is 72.5 Å². The Bertz CT molecular complexity index is 1450. The lowest BCUT2D eigenvalue weighted by molar-refractivity contribution is 0.313. The summed E-state index contributed by atoms with van der Waals surface area (Å²) in [6, 6.07) is 14.4. The van der Waals surface area contributed by atoms with E-state index in [4.69, 9.17) is 10.1 Å². The van der Waals surface area contributed by atoms with Crippen molar-refractivity contribution in [3.05, 3.63) is 76.9 Å². The van der Waals surface area contributed by atoms with Gasteiger partial charge in [0.1, 0.15) is 5.65 Å². The fraction of sp³-hybridized carbons (Fsp3) is 0.385. The first kappa shape index (κ1) is 22.8. The van der Waals surface area contributed by atoms with E-state index in [0.717, 1.165) is 52.6 Å². The molecule has 1 aromatic carbocycles. The van der Waals surface area contributed by atoms with Gasteiger partial charge in [0.15, 0.2) is 9.84 Å². The molecule has 0 spiro atoms. The van der Waals surface area contributed by atoms with Gasteiger partial charge in [-0.2, -0.15) is 5.10 Å². The van der Waals surface area contributed by atoms with Crippen LogP contribution in [0.25, 0.3) is 16.9 Å². The van der Waals surface area contributed by atoms with Crippen LogP contribution in [0.4, 0.5) is 0 Å². The molecule has 0 aliphatic carbocycles. The third-order valence-electron chi connectivity index (χ3n) is 6.79. The van der Waals surface area contributed by atoms with E-state index in [2.05, 4.69) is 60.7 Å². The Kier molecular flexibility index (Phi) is 5.81. The van der Waals surface area contributed by atoms with Crippen LogP contribution in [-0.2, 0) is 22.9 Å². The zero-order valence-electron chi connectivity index (χ0n) is 20.2. The first-order valence-electron chi connectivity index (χ1n) is 11.7. The fourth-order valence-electron chi connectivity index (χ4n) is 5.01. The van der Waals surface area contributed by atoms with Crippen molar-refractivity contribution in [2.45, 2.75) is 46.3 Å². The first-order chi connectivity index (χ1) is 16.2. The highest BCUT2D eigenvalue weighted by atomic mass is 32.2. The van der Waals surface area contributed by atoms with Crippen molar-refractivity contribution in [1.29, 1.82) is 0 Å². The zero-order valence-corrected chi connectivity index (χ0v) is 21.0. The maximum atomic E-state index is 12.0. The van der Waals surface area contributed by atoms with Crippen LogP contribution in [0.1, 0.15) is 40.7 Å².